The van der Waals surface area contributed by atoms with E-state index in [1.807, 2.05) is 33.2 Å². The minimum absolute atomic E-state index is 0.122. The highest BCUT2D eigenvalue weighted by Crippen LogP contribution is 2.21. The molecular weight excluding hydrogens is 286 g/mol. The number of amides is 1. The molecule has 6 heteroatoms. The predicted octanol–water partition coefficient (Wildman–Crippen LogP) is 1.37. The summed E-state index contributed by atoms with van der Waals surface area (Å²) in [4.78, 5) is 13.6. The molecule has 0 unspecified atom stereocenters. The zero-order valence-electron chi connectivity index (χ0n) is 12.2. The number of aryl methyl sites for hydroxylation is 3. The SMILES string of the molecule is Cc1cc(C(=O)NCc2cn(C)nc2C)sc1C#CCO. The minimum atomic E-state index is -0.181. The molecule has 0 aliphatic heterocycles. The zero-order chi connectivity index (χ0) is 15.4. The predicted molar refractivity (Wildman–Crippen MR) is 82.1 cm³/mol. The largest absolute Gasteiger partial charge is 0.384 e. The first-order valence-electron chi connectivity index (χ1n) is 6.48. The van der Waals surface area contributed by atoms with Gasteiger partial charge in [0.05, 0.1) is 15.4 Å². The molecule has 0 fully saturated rings. The fourth-order valence-electron chi connectivity index (χ4n) is 1.92. The summed E-state index contributed by atoms with van der Waals surface area (Å²) < 4.78 is 1.73. The van der Waals surface area contributed by atoms with E-state index in [0.29, 0.717) is 11.4 Å². The van der Waals surface area contributed by atoms with E-state index in [2.05, 4.69) is 22.3 Å². The minimum Gasteiger partial charge on any atom is -0.384 e. The number of rotatable bonds is 3. The molecule has 21 heavy (non-hydrogen) atoms. The van der Waals surface area contributed by atoms with E-state index in [1.165, 1.54) is 11.3 Å². The third-order valence-electron chi connectivity index (χ3n) is 2.98. The number of carbonyl (C=O) groups is 1. The lowest BCUT2D eigenvalue weighted by Gasteiger charge is -2.01. The topological polar surface area (TPSA) is 67.2 Å². The summed E-state index contributed by atoms with van der Waals surface area (Å²) in [7, 11) is 1.85. The molecule has 2 aromatic heterocycles. The Morgan fingerprint density at radius 2 is 2.29 bits per heavy atom. The van der Waals surface area contributed by atoms with Crippen LogP contribution in [0.25, 0.3) is 0 Å². The van der Waals surface area contributed by atoms with Crippen molar-refractivity contribution in [3.63, 3.8) is 0 Å². The van der Waals surface area contributed by atoms with Gasteiger partial charge in [-0.25, -0.2) is 0 Å². The number of hydrogen-bond donors (Lipinski definition) is 2. The summed E-state index contributed by atoms with van der Waals surface area (Å²) in [5.41, 5.74) is 2.86. The van der Waals surface area contributed by atoms with Crippen LogP contribution >= 0.6 is 11.3 Å². The number of aliphatic hydroxyl groups excluding tert-OH is 1. The van der Waals surface area contributed by atoms with Crippen molar-refractivity contribution in [2.45, 2.75) is 20.4 Å². The molecule has 2 aromatic rings. The van der Waals surface area contributed by atoms with Crippen LogP contribution in [0.5, 0.6) is 0 Å². The normalized spacial score (nSPS) is 10.1. The average molecular weight is 303 g/mol. The van der Waals surface area contributed by atoms with Crippen molar-refractivity contribution >= 4 is 17.2 Å². The van der Waals surface area contributed by atoms with Gasteiger partial charge in [0, 0.05) is 25.4 Å². The number of thiophene rings is 1. The highest BCUT2D eigenvalue weighted by Gasteiger charge is 2.12. The van der Waals surface area contributed by atoms with Crippen molar-refractivity contribution in [2.24, 2.45) is 7.05 Å². The van der Waals surface area contributed by atoms with Gasteiger partial charge in [-0.1, -0.05) is 11.8 Å². The van der Waals surface area contributed by atoms with Gasteiger partial charge in [-0.2, -0.15) is 5.10 Å². The lowest BCUT2D eigenvalue weighted by Crippen LogP contribution is -2.21. The lowest BCUT2D eigenvalue weighted by atomic mass is 10.2. The van der Waals surface area contributed by atoms with Crippen LogP contribution in [0.3, 0.4) is 0 Å². The van der Waals surface area contributed by atoms with Crippen LogP contribution in [0.1, 0.15) is 31.4 Å². The maximum absolute atomic E-state index is 12.1. The van der Waals surface area contributed by atoms with E-state index in [4.69, 9.17) is 5.11 Å². The van der Waals surface area contributed by atoms with Crippen LogP contribution < -0.4 is 5.32 Å². The Kier molecular flexibility index (Phi) is 4.78. The van der Waals surface area contributed by atoms with E-state index in [0.717, 1.165) is 21.7 Å². The van der Waals surface area contributed by atoms with Crippen LogP contribution in [-0.2, 0) is 13.6 Å². The van der Waals surface area contributed by atoms with Gasteiger partial charge < -0.3 is 10.4 Å². The average Bonchev–Trinajstić information content (AvgIpc) is 2.96. The zero-order valence-corrected chi connectivity index (χ0v) is 13.0. The fraction of sp³-hybridized carbons (Fsp3) is 0.333. The molecular formula is C15H17N3O2S. The number of nitrogens with one attached hydrogen (secondary N) is 1. The monoisotopic (exact) mass is 303 g/mol. The van der Waals surface area contributed by atoms with E-state index < -0.39 is 0 Å². The number of aromatic nitrogens is 2. The Balaban J connectivity index is 2.05. The number of aliphatic hydroxyl groups is 1. The molecule has 2 heterocycles. The Bertz CT molecular complexity index is 719. The summed E-state index contributed by atoms with van der Waals surface area (Å²) in [5.74, 6) is 5.33. The van der Waals surface area contributed by atoms with Crippen molar-refractivity contribution in [2.75, 3.05) is 6.61 Å². The molecule has 1 amide bonds. The molecule has 0 aromatic carbocycles. The van der Waals surface area contributed by atoms with Crippen molar-refractivity contribution in [3.8, 4) is 11.8 Å². The molecule has 0 bridgehead atoms. The molecule has 5 nitrogen and oxygen atoms in total. The van der Waals surface area contributed by atoms with Crippen LogP contribution in [0, 0.1) is 25.7 Å². The molecule has 110 valence electrons. The molecule has 0 aliphatic rings. The van der Waals surface area contributed by atoms with Gasteiger partial charge in [-0.3, -0.25) is 9.48 Å². The highest BCUT2D eigenvalue weighted by molar-refractivity contribution is 7.14. The third-order valence-corrected chi connectivity index (χ3v) is 4.13. The van der Waals surface area contributed by atoms with Crippen molar-refractivity contribution in [3.05, 3.63) is 38.8 Å². The summed E-state index contributed by atoms with van der Waals surface area (Å²) in [6.07, 6.45) is 1.90. The van der Waals surface area contributed by atoms with E-state index in [9.17, 15) is 4.79 Å². The quantitative estimate of drug-likeness (QED) is 0.842. The second-order valence-corrected chi connectivity index (χ2v) is 5.73. The second-order valence-electron chi connectivity index (χ2n) is 4.68. The molecule has 0 saturated carbocycles. The van der Waals surface area contributed by atoms with E-state index in [-0.39, 0.29) is 12.5 Å². The van der Waals surface area contributed by atoms with Crippen molar-refractivity contribution < 1.29 is 9.90 Å². The summed E-state index contributed by atoms with van der Waals surface area (Å²) in [6.45, 7) is 4.09. The maximum atomic E-state index is 12.1. The van der Waals surface area contributed by atoms with Gasteiger partial charge in [0.25, 0.3) is 5.91 Å². The number of hydrogen-bond acceptors (Lipinski definition) is 4. The van der Waals surface area contributed by atoms with Crippen molar-refractivity contribution in [1.29, 1.82) is 0 Å². The standard InChI is InChI=1S/C15H17N3O2S/c1-10-7-14(21-13(10)5-4-6-19)15(20)16-8-12-9-18(3)17-11(12)2/h7,9,19H,6,8H2,1-3H3,(H,16,20). The molecule has 0 aliphatic carbocycles. The van der Waals surface area contributed by atoms with Gasteiger partial charge in [0.1, 0.15) is 6.61 Å². The highest BCUT2D eigenvalue weighted by atomic mass is 32.1. The first-order chi connectivity index (χ1) is 10.0. The van der Waals surface area contributed by atoms with Crippen LogP contribution in [0.4, 0.5) is 0 Å². The first-order valence-corrected chi connectivity index (χ1v) is 7.30. The molecule has 0 saturated heterocycles. The lowest BCUT2D eigenvalue weighted by molar-refractivity contribution is 0.0955. The fourth-order valence-corrected chi connectivity index (χ4v) is 2.89. The maximum Gasteiger partial charge on any atom is 0.261 e. The van der Waals surface area contributed by atoms with E-state index >= 15 is 0 Å². The second kappa shape index (κ2) is 6.57. The van der Waals surface area contributed by atoms with Gasteiger partial charge in [0.2, 0.25) is 0 Å². The Morgan fingerprint density at radius 1 is 1.52 bits per heavy atom. The summed E-state index contributed by atoms with van der Waals surface area (Å²) in [5, 5.41) is 15.8. The Labute approximate surface area is 127 Å². The number of carbonyl (C=O) groups excluding carboxylic acids is 1. The number of nitrogens with zero attached hydrogens (tertiary/aromatic N) is 2. The third kappa shape index (κ3) is 3.72. The molecule has 0 atom stereocenters. The van der Waals surface area contributed by atoms with Crippen molar-refractivity contribution in [1.82, 2.24) is 15.1 Å². The van der Waals surface area contributed by atoms with Gasteiger partial charge in [0.15, 0.2) is 0 Å². The summed E-state index contributed by atoms with van der Waals surface area (Å²) in [6, 6.07) is 1.82. The Morgan fingerprint density at radius 3 is 2.90 bits per heavy atom. The van der Waals surface area contributed by atoms with Gasteiger partial charge in [-0.05, 0) is 25.5 Å². The van der Waals surface area contributed by atoms with Crippen LogP contribution in [0.2, 0.25) is 0 Å². The summed E-state index contributed by atoms with van der Waals surface area (Å²) >= 11 is 1.33. The Hall–Kier alpha value is -2.10. The first kappa shape index (κ1) is 15.3. The van der Waals surface area contributed by atoms with Gasteiger partial charge in [-0.15, -0.1) is 11.3 Å². The molecule has 2 rings (SSSR count). The van der Waals surface area contributed by atoms with Gasteiger partial charge >= 0.3 is 0 Å². The molecule has 2 N–H and O–H groups in total. The molecule has 0 radical (unpaired) electrons. The smallest absolute Gasteiger partial charge is 0.261 e. The van der Waals surface area contributed by atoms with Crippen LogP contribution in [0.15, 0.2) is 12.3 Å². The van der Waals surface area contributed by atoms with E-state index in [1.54, 1.807) is 4.68 Å². The van der Waals surface area contributed by atoms with Crippen LogP contribution in [-0.4, -0.2) is 27.4 Å². The molecule has 0 spiro atoms.